The van der Waals surface area contributed by atoms with Gasteiger partial charge in [-0.2, -0.15) is 4.98 Å². The van der Waals surface area contributed by atoms with E-state index in [9.17, 15) is 9.59 Å². The Morgan fingerprint density at radius 2 is 1.72 bits per heavy atom. The van der Waals surface area contributed by atoms with Crippen LogP contribution in [0.4, 0.5) is 0 Å². The topological polar surface area (TPSA) is 85.1 Å². The summed E-state index contributed by atoms with van der Waals surface area (Å²) in [6.45, 7) is 1.97. The molecule has 0 saturated heterocycles. The van der Waals surface area contributed by atoms with Crippen LogP contribution in [0.25, 0.3) is 16.5 Å². The number of carboxylic acids is 1. The van der Waals surface area contributed by atoms with Crippen molar-refractivity contribution in [2.45, 2.75) is 12.1 Å². The highest BCUT2D eigenvalue weighted by Crippen LogP contribution is 2.23. The van der Waals surface area contributed by atoms with Crippen molar-refractivity contribution >= 4 is 34.3 Å². The van der Waals surface area contributed by atoms with E-state index in [4.69, 9.17) is 5.11 Å². The molecule has 0 atom stereocenters. The van der Waals surface area contributed by atoms with Gasteiger partial charge in [0.2, 0.25) is 11.6 Å². The SMILES string of the molecule is Cc1ccc(-n2nc(C(=O)c3ccc4ccccc4c3)nc2SCC(=O)O)cc1. The molecule has 1 heterocycles. The van der Waals surface area contributed by atoms with Gasteiger partial charge in [-0.1, -0.05) is 65.9 Å². The Kier molecular flexibility index (Phi) is 5.14. The molecule has 7 heteroatoms. The minimum Gasteiger partial charge on any atom is -0.481 e. The Hall–Kier alpha value is -3.45. The van der Waals surface area contributed by atoms with Gasteiger partial charge in [0.25, 0.3) is 0 Å². The van der Waals surface area contributed by atoms with E-state index in [1.807, 2.05) is 67.6 Å². The molecule has 0 aliphatic carbocycles. The molecular formula is C22H17N3O3S. The Bertz CT molecular complexity index is 1220. The zero-order valence-corrected chi connectivity index (χ0v) is 16.4. The summed E-state index contributed by atoms with van der Waals surface area (Å²) in [4.78, 5) is 28.4. The Labute approximate surface area is 171 Å². The van der Waals surface area contributed by atoms with Gasteiger partial charge in [-0.15, -0.1) is 5.10 Å². The van der Waals surface area contributed by atoms with Crippen molar-refractivity contribution in [2.24, 2.45) is 0 Å². The molecule has 0 bridgehead atoms. The number of aryl methyl sites for hydroxylation is 1. The molecule has 0 saturated carbocycles. The van der Waals surface area contributed by atoms with Crippen LogP contribution in [0.3, 0.4) is 0 Å². The first-order chi connectivity index (χ1) is 14.0. The molecule has 0 aliphatic heterocycles. The molecule has 0 unspecified atom stereocenters. The first kappa shape index (κ1) is 18.9. The summed E-state index contributed by atoms with van der Waals surface area (Å²) >= 11 is 1.03. The van der Waals surface area contributed by atoms with E-state index in [2.05, 4.69) is 10.1 Å². The number of aromatic nitrogens is 3. The summed E-state index contributed by atoms with van der Waals surface area (Å²) < 4.78 is 1.52. The average Bonchev–Trinajstić information content (AvgIpc) is 3.16. The normalized spacial score (nSPS) is 10.9. The monoisotopic (exact) mass is 403 g/mol. The maximum Gasteiger partial charge on any atom is 0.313 e. The highest BCUT2D eigenvalue weighted by Gasteiger charge is 2.20. The lowest BCUT2D eigenvalue weighted by Gasteiger charge is -2.04. The maximum absolute atomic E-state index is 13.0. The van der Waals surface area contributed by atoms with Crippen molar-refractivity contribution < 1.29 is 14.7 Å². The van der Waals surface area contributed by atoms with Gasteiger partial charge in [-0.25, -0.2) is 4.68 Å². The number of ketones is 1. The lowest BCUT2D eigenvalue weighted by molar-refractivity contribution is -0.133. The third kappa shape index (κ3) is 4.05. The third-order valence-corrected chi connectivity index (χ3v) is 5.31. The summed E-state index contributed by atoms with van der Waals surface area (Å²) in [6, 6.07) is 20.8. The zero-order chi connectivity index (χ0) is 20.4. The van der Waals surface area contributed by atoms with Crippen LogP contribution in [0.2, 0.25) is 0 Å². The number of fused-ring (bicyclic) bond motifs is 1. The van der Waals surface area contributed by atoms with Gasteiger partial charge in [-0.3, -0.25) is 9.59 Å². The summed E-state index contributed by atoms with van der Waals surface area (Å²) in [5.74, 6) is -1.41. The number of thioether (sulfide) groups is 1. The zero-order valence-electron chi connectivity index (χ0n) is 15.6. The maximum atomic E-state index is 13.0. The number of hydrogen-bond acceptors (Lipinski definition) is 5. The number of nitrogens with zero attached hydrogens (tertiary/aromatic N) is 3. The van der Waals surface area contributed by atoms with Crippen LogP contribution >= 0.6 is 11.8 Å². The number of benzene rings is 3. The molecule has 6 nitrogen and oxygen atoms in total. The van der Waals surface area contributed by atoms with E-state index < -0.39 is 5.97 Å². The van der Waals surface area contributed by atoms with Gasteiger partial charge < -0.3 is 5.11 Å². The van der Waals surface area contributed by atoms with Crippen LogP contribution in [0.5, 0.6) is 0 Å². The largest absolute Gasteiger partial charge is 0.481 e. The summed E-state index contributed by atoms with van der Waals surface area (Å²) in [5, 5.41) is 15.8. The molecule has 0 radical (unpaired) electrons. The van der Waals surface area contributed by atoms with Crippen molar-refractivity contribution in [3.63, 3.8) is 0 Å². The van der Waals surface area contributed by atoms with E-state index in [0.29, 0.717) is 16.4 Å². The van der Waals surface area contributed by atoms with Crippen molar-refractivity contribution in [3.8, 4) is 5.69 Å². The molecule has 1 aromatic heterocycles. The molecule has 4 aromatic rings. The van der Waals surface area contributed by atoms with Gasteiger partial charge in [0.05, 0.1) is 11.4 Å². The summed E-state index contributed by atoms with van der Waals surface area (Å²) in [6.07, 6.45) is 0. The molecule has 0 aliphatic rings. The molecule has 1 N–H and O–H groups in total. The summed E-state index contributed by atoms with van der Waals surface area (Å²) in [7, 11) is 0. The number of carbonyl (C=O) groups excluding carboxylic acids is 1. The minimum atomic E-state index is -0.962. The predicted molar refractivity (Wildman–Crippen MR) is 112 cm³/mol. The van der Waals surface area contributed by atoms with Gasteiger partial charge in [0.15, 0.2) is 5.16 Å². The number of rotatable bonds is 6. The first-order valence-electron chi connectivity index (χ1n) is 8.93. The first-order valence-corrected chi connectivity index (χ1v) is 9.92. The predicted octanol–water partition coefficient (Wildman–Crippen LogP) is 4.14. The second-order valence-electron chi connectivity index (χ2n) is 6.54. The van der Waals surface area contributed by atoms with Crippen LogP contribution < -0.4 is 0 Å². The quantitative estimate of drug-likeness (QED) is 0.385. The molecular weight excluding hydrogens is 386 g/mol. The molecule has 144 valence electrons. The van der Waals surface area contributed by atoms with E-state index in [1.54, 1.807) is 6.07 Å². The fourth-order valence-electron chi connectivity index (χ4n) is 2.93. The van der Waals surface area contributed by atoms with Crippen molar-refractivity contribution in [1.82, 2.24) is 14.8 Å². The van der Waals surface area contributed by atoms with Crippen molar-refractivity contribution in [1.29, 1.82) is 0 Å². The molecule has 0 spiro atoms. The molecule has 29 heavy (non-hydrogen) atoms. The van der Waals surface area contributed by atoms with Gasteiger partial charge >= 0.3 is 5.97 Å². The highest BCUT2D eigenvalue weighted by molar-refractivity contribution is 7.99. The lowest BCUT2D eigenvalue weighted by Crippen LogP contribution is -2.05. The second-order valence-corrected chi connectivity index (χ2v) is 7.48. The molecule has 4 rings (SSSR count). The van der Waals surface area contributed by atoms with Crippen molar-refractivity contribution in [3.05, 3.63) is 83.7 Å². The average molecular weight is 403 g/mol. The van der Waals surface area contributed by atoms with Crippen LogP contribution in [-0.2, 0) is 4.79 Å². The molecule has 0 fully saturated rings. The Morgan fingerprint density at radius 3 is 2.45 bits per heavy atom. The number of carbonyl (C=O) groups is 2. The van der Waals surface area contributed by atoms with Crippen LogP contribution in [0, 0.1) is 6.92 Å². The van der Waals surface area contributed by atoms with Crippen LogP contribution in [0.15, 0.2) is 71.9 Å². The van der Waals surface area contributed by atoms with Crippen molar-refractivity contribution in [2.75, 3.05) is 5.75 Å². The lowest BCUT2D eigenvalue weighted by atomic mass is 10.0. The Morgan fingerprint density at radius 1 is 1.00 bits per heavy atom. The van der Waals surface area contributed by atoms with E-state index >= 15 is 0 Å². The fourth-order valence-corrected chi connectivity index (χ4v) is 3.60. The van der Waals surface area contributed by atoms with E-state index in [1.165, 1.54) is 4.68 Å². The third-order valence-electron chi connectivity index (χ3n) is 4.40. The number of hydrogen-bond donors (Lipinski definition) is 1. The van der Waals surface area contributed by atoms with Gasteiger partial charge in [-0.05, 0) is 35.9 Å². The number of carboxylic acid groups (broad SMARTS) is 1. The highest BCUT2D eigenvalue weighted by atomic mass is 32.2. The fraction of sp³-hybridized carbons (Fsp3) is 0.0909. The van der Waals surface area contributed by atoms with E-state index in [0.717, 1.165) is 28.1 Å². The second kappa shape index (κ2) is 7.89. The Balaban J connectivity index is 1.73. The van der Waals surface area contributed by atoms with Gasteiger partial charge in [0.1, 0.15) is 0 Å². The van der Waals surface area contributed by atoms with Gasteiger partial charge in [0, 0.05) is 5.56 Å². The summed E-state index contributed by atoms with van der Waals surface area (Å²) in [5.41, 5.74) is 2.29. The number of aliphatic carboxylic acids is 1. The smallest absolute Gasteiger partial charge is 0.313 e. The van der Waals surface area contributed by atoms with Crippen LogP contribution in [0.1, 0.15) is 21.7 Å². The minimum absolute atomic E-state index is 0.0359. The molecule has 3 aromatic carbocycles. The van der Waals surface area contributed by atoms with Crippen LogP contribution in [-0.4, -0.2) is 37.4 Å². The molecule has 0 amide bonds. The standard InChI is InChI=1S/C22H17N3O3S/c1-14-6-10-18(11-7-14)25-22(29-13-19(26)27)23-21(24-25)20(28)17-9-8-15-4-2-3-5-16(15)12-17/h2-12H,13H2,1H3,(H,26,27). The van der Waals surface area contributed by atoms with E-state index in [-0.39, 0.29) is 17.4 Å².